The second kappa shape index (κ2) is 16.2. The van der Waals surface area contributed by atoms with E-state index in [-0.39, 0.29) is 40.8 Å². The lowest BCUT2D eigenvalue weighted by atomic mass is 9.82. The number of hydrogen-bond acceptors (Lipinski definition) is 8. The van der Waals surface area contributed by atoms with Crippen LogP contribution in [0.25, 0.3) is 0 Å². The highest BCUT2D eigenvalue weighted by atomic mass is 35.5. The molecule has 2 aromatic carbocycles. The number of nitrogens with zero attached hydrogens (tertiary/aromatic N) is 4. The Morgan fingerprint density at radius 3 is 2.43 bits per heavy atom. The number of amides is 1. The molecule has 1 amide bonds. The van der Waals surface area contributed by atoms with Crippen molar-refractivity contribution in [1.82, 2.24) is 9.88 Å². The van der Waals surface area contributed by atoms with E-state index in [2.05, 4.69) is 9.88 Å². The van der Waals surface area contributed by atoms with Gasteiger partial charge in [-0.25, -0.2) is 9.59 Å². The van der Waals surface area contributed by atoms with E-state index in [1.54, 1.807) is 49.8 Å². The van der Waals surface area contributed by atoms with Crippen LogP contribution in [-0.4, -0.2) is 66.0 Å². The first kappa shape index (κ1) is 36.8. The molecule has 0 radical (unpaired) electrons. The Morgan fingerprint density at radius 1 is 1.04 bits per heavy atom. The Bertz CT molecular complexity index is 1930. The number of hydrogen-bond donors (Lipinski definition) is 1. The van der Waals surface area contributed by atoms with Gasteiger partial charge in [0, 0.05) is 24.2 Å². The summed E-state index contributed by atoms with van der Waals surface area (Å²) in [4.78, 5) is 35.0. The Labute approximate surface area is 318 Å². The van der Waals surface area contributed by atoms with E-state index < -0.39 is 18.0 Å². The van der Waals surface area contributed by atoms with Gasteiger partial charge in [-0.3, -0.25) is 14.8 Å². The summed E-state index contributed by atoms with van der Waals surface area (Å²) >= 11 is 13.2. The third-order valence-electron chi connectivity index (χ3n) is 10.7. The minimum absolute atomic E-state index is 0.0419. The molecule has 1 N–H and O–H groups in total. The molecule has 0 spiro atoms. The maximum absolute atomic E-state index is 14.0. The van der Waals surface area contributed by atoms with Gasteiger partial charge in [-0.1, -0.05) is 41.4 Å². The van der Waals surface area contributed by atoms with Crippen molar-refractivity contribution in [3.63, 3.8) is 0 Å². The zero-order valence-electron chi connectivity index (χ0n) is 29.5. The molecule has 13 heteroatoms. The van der Waals surface area contributed by atoms with Gasteiger partial charge in [0.2, 0.25) is 0 Å². The van der Waals surface area contributed by atoms with E-state index in [0.717, 1.165) is 57.2 Å². The molecule has 278 valence electrons. The number of carbonyl (C=O) groups excluding carboxylic acids is 1. The molecule has 4 aromatic rings. The van der Waals surface area contributed by atoms with Crippen molar-refractivity contribution in [1.29, 1.82) is 0 Å². The molecule has 11 nitrogen and oxygen atoms in total. The summed E-state index contributed by atoms with van der Waals surface area (Å²) in [6.07, 6.45) is 11.2. The number of anilines is 1. The number of carboxylic acid groups (broad SMARTS) is 1. The second-order valence-corrected chi connectivity index (χ2v) is 14.9. The van der Waals surface area contributed by atoms with Gasteiger partial charge in [-0.15, -0.1) is 0 Å². The quantitative estimate of drug-likeness (QED) is 0.114. The fourth-order valence-electron chi connectivity index (χ4n) is 7.91. The largest absolute Gasteiger partial charge is 0.619 e. The zero-order valence-corrected chi connectivity index (χ0v) is 31.0. The summed E-state index contributed by atoms with van der Waals surface area (Å²) in [5.74, 6) is -0.317. The standard InChI is InChI=1S/C40H42Cl2N4O7/c1-51-36-11-9-27(18-37(36)52-29-6-2-3-7-29)31(19-33-34(41)22-45(50)23-35(33)42)32-17-25(8-10-30(32)39(47)48)21-46(28-5-4-14-43-20-28)40(49)53-38-24-44-15-12-26(38)13-16-44/h4-5,8-11,14,17-18,20,22-23,26,29,31,38H,2-3,6-7,12-13,15-16,19,21,24H2,1H3,(H,47,48)/t31?,38-/m0/s1. The normalized spacial score (nSPS) is 20.2. The van der Waals surface area contributed by atoms with E-state index in [4.69, 9.17) is 37.4 Å². The number of methoxy groups -OCH3 is 1. The Hall–Kier alpha value is -4.58. The molecule has 1 saturated carbocycles. The maximum atomic E-state index is 14.0. The van der Waals surface area contributed by atoms with Crippen molar-refractivity contribution in [2.75, 3.05) is 31.6 Å². The summed E-state index contributed by atoms with van der Waals surface area (Å²) in [7, 11) is 1.58. The number of rotatable bonds is 12. The van der Waals surface area contributed by atoms with Crippen molar-refractivity contribution in [3.05, 3.63) is 116 Å². The molecule has 3 aliphatic heterocycles. The maximum Gasteiger partial charge on any atom is 0.414 e. The number of fused-ring (bicyclic) bond motifs is 3. The molecule has 2 bridgehead atoms. The van der Waals surface area contributed by atoms with E-state index in [9.17, 15) is 19.9 Å². The first-order chi connectivity index (χ1) is 25.7. The number of aromatic nitrogens is 2. The summed E-state index contributed by atoms with van der Waals surface area (Å²) in [5.41, 5.74) is 2.97. The molecule has 8 rings (SSSR count). The van der Waals surface area contributed by atoms with Gasteiger partial charge >= 0.3 is 12.1 Å². The van der Waals surface area contributed by atoms with Crippen LogP contribution in [0.4, 0.5) is 10.5 Å². The van der Waals surface area contributed by atoms with Crippen LogP contribution in [-0.2, 0) is 17.7 Å². The fraction of sp³-hybridized carbons (Fsp3) is 0.400. The molecule has 2 aromatic heterocycles. The van der Waals surface area contributed by atoms with Crippen molar-refractivity contribution in [2.45, 2.75) is 69.6 Å². The summed E-state index contributed by atoms with van der Waals surface area (Å²) in [5, 5.41) is 23.0. The highest BCUT2D eigenvalue weighted by molar-refractivity contribution is 6.35. The first-order valence-electron chi connectivity index (χ1n) is 18.0. The van der Waals surface area contributed by atoms with Crippen molar-refractivity contribution in [3.8, 4) is 11.5 Å². The highest BCUT2D eigenvalue weighted by Gasteiger charge is 2.38. The van der Waals surface area contributed by atoms with E-state index in [1.807, 2.05) is 18.2 Å². The minimum atomic E-state index is -1.12. The number of carboxylic acids is 1. The number of carbonyl (C=O) groups is 2. The average Bonchev–Trinajstić information content (AvgIpc) is 3.67. The van der Waals surface area contributed by atoms with Gasteiger partial charge in [0.1, 0.15) is 16.1 Å². The number of piperidine rings is 3. The van der Waals surface area contributed by atoms with E-state index >= 15 is 0 Å². The van der Waals surface area contributed by atoms with Gasteiger partial charge in [-0.2, -0.15) is 4.73 Å². The van der Waals surface area contributed by atoms with E-state index in [1.165, 1.54) is 17.3 Å². The molecule has 1 unspecified atom stereocenters. The topological polar surface area (TPSA) is 128 Å². The average molecular weight is 762 g/mol. The van der Waals surface area contributed by atoms with Crippen LogP contribution in [0.1, 0.15) is 77.1 Å². The highest BCUT2D eigenvalue weighted by Crippen LogP contribution is 2.41. The fourth-order valence-corrected chi connectivity index (χ4v) is 8.51. The molecule has 2 atom stereocenters. The van der Waals surface area contributed by atoms with Crippen molar-refractivity contribution >= 4 is 41.0 Å². The summed E-state index contributed by atoms with van der Waals surface area (Å²) < 4.78 is 18.8. The zero-order chi connectivity index (χ0) is 37.1. The smallest absolute Gasteiger partial charge is 0.414 e. The lowest BCUT2D eigenvalue weighted by molar-refractivity contribution is -0.605. The predicted molar refractivity (Wildman–Crippen MR) is 200 cm³/mol. The SMILES string of the molecule is COc1ccc(C(Cc2c(Cl)c[n+]([O-])cc2Cl)c2cc(CN(C(=O)O[C@H]3CN4CCC3CC4)c3cccnc3)ccc2C(=O)O)cc1OC1CCCC1. The number of pyridine rings is 2. The minimum Gasteiger partial charge on any atom is -0.619 e. The van der Waals surface area contributed by atoms with Crippen LogP contribution >= 0.6 is 23.2 Å². The lowest BCUT2D eigenvalue weighted by Crippen LogP contribution is -2.53. The molecular formula is C40H42Cl2N4O7. The Kier molecular flexibility index (Phi) is 11.2. The first-order valence-corrected chi connectivity index (χ1v) is 18.8. The van der Waals surface area contributed by atoms with Crippen LogP contribution < -0.4 is 19.1 Å². The van der Waals surface area contributed by atoms with Gasteiger partial charge in [-0.05, 0) is 111 Å². The third kappa shape index (κ3) is 8.32. The molecule has 5 heterocycles. The van der Waals surface area contributed by atoms with Crippen LogP contribution in [0.2, 0.25) is 10.0 Å². The number of benzene rings is 2. The number of aromatic carboxylic acids is 1. The van der Waals surface area contributed by atoms with Gasteiger partial charge in [0.15, 0.2) is 23.9 Å². The van der Waals surface area contributed by atoms with Gasteiger partial charge in [0.25, 0.3) is 0 Å². The predicted octanol–water partition coefficient (Wildman–Crippen LogP) is 7.66. The molecule has 53 heavy (non-hydrogen) atoms. The Balaban J connectivity index is 1.29. The van der Waals surface area contributed by atoms with Gasteiger partial charge in [0.05, 0.1) is 37.2 Å². The van der Waals surface area contributed by atoms with E-state index in [0.29, 0.717) is 51.1 Å². The molecule has 4 fully saturated rings. The molecule has 4 aliphatic rings. The molecule has 1 aliphatic carbocycles. The third-order valence-corrected chi connectivity index (χ3v) is 11.4. The number of ether oxygens (including phenoxy) is 3. The van der Waals surface area contributed by atoms with Crippen molar-refractivity contribution in [2.24, 2.45) is 5.92 Å². The monoisotopic (exact) mass is 760 g/mol. The van der Waals surface area contributed by atoms with Crippen LogP contribution in [0.3, 0.4) is 0 Å². The van der Waals surface area contributed by atoms with Crippen LogP contribution in [0.5, 0.6) is 11.5 Å². The second-order valence-electron chi connectivity index (χ2n) is 14.1. The van der Waals surface area contributed by atoms with Gasteiger partial charge < -0.3 is 24.5 Å². The molecular weight excluding hydrogens is 719 g/mol. The van der Waals surface area contributed by atoms with Crippen molar-refractivity contribution < 1.29 is 33.6 Å². The van der Waals surface area contributed by atoms with Crippen LogP contribution in [0.15, 0.2) is 73.3 Å². The Morgan fingerprint density at radius 2 is 1.79 bits per heavy atom. The lowest BCUT2D eigenvalue weighted by Gasteiger charge is -2.44. The number of halogens is 2. The van der Waals surface area contributed by atoms with Crippen LogP contribution in [0, 0.1) is 11.1 Å². The summed E-state index contributed by atoms with van der Waals surface area (Å²) in [6.45, 7) is 2.84. The summed E-state index contributed by atoms with van der Waals surface area (Å²) in [6, 6.07) is 14.2. The molecule has 3 saturated heterocycles.